The molecular formula is C32H27N5O9. The van der Waals surface area contributed by atoms with Crippen LogP contribution in [0.15, 0.2) is 60.9 Å². The van der Waals surface area contributed by atoms with E-state index < -0.39 is 49.1 Å². The van der Waals surface area contributed by atoms with Crippen LogP contribution in [-0.2, 0) is 11.3 Å². The molecule has 1 saturated heterocycles. The predicted molar refractivity (Wildman–Crippen MR) is 163 cm³/mol. The van der Waals surface area contributed by atoms with Crippen LogP contribution in [0.25, 0.3) is 43.6 Å². The summed E-state index contributed by atoms with van der Waals surface area (Å²) in [5.74, 6) is -1.45. The fourth-order valence-corrected chi connectivity index (χ4v) is 6.79. The summed E-state index contributed by atoms with van der Waals surface area (Å²) < 4.78 is 7.47. The standard InChI is InChI=1S/C32H27N5O9/c38-12-20-27(41)28(42)29(43)32(46-20)36-19-10-15(40)2-4-17(19)22-24-23(21-16-3-1-14(39)9-18(16)35-25(21)26(22)36)30(44)37(31(24)45)34-11-13-5-7-33-8-6-13/h1-10,20,27-29,32,34-35,38-43H,11-12H2/t20-,27-,28+,29-,32?/m0/s1. The number of phenolic OH excluding ortho intramolecular Hbond substituents is 2. The number of aliphatic hydroxyl groups excluding tert-OH is 4. The van der Waals surface area contributed by atoms with Crippen molar-refractivity contribution >= 4 is 55.4 Å². The number of phenols is 2. The molecule has 1 unspecified atom stereocenters. The number of aromatic amines is 1. The van der Waals surface area contributed by atoms with Gasteiger partial charge in [-0.25, -0.2) is 10.4 Å². The molecule has 14 heteroatoms. The molecule has 2 amide bonds. The van der Waals surface area contributed by atoms with Crippen molar-refractivity contribution in [3.8, 4) is 11.5 Å². The summed E-state index contributed by atoms with van der Waals surface area (Å²) in [4.78, 5) is 35.7. The summed E-state index contributed by atoms with van der Waals surface area (Å²) in [5, 5.41) is 65.9. The van der Waals surface area contributed by atoms with Crippen molar-refractivity contribution < 1.29 is 45.0 Å². The second-order valence-electron chi connectivity index (χ2n) is 11.5. The van der Waals surface area contributed by atoms with Crippen molar-refractivity contribution in [2.24, 2.45) is 0 Å². The van der Waals surface area contributed by atoms with Crippen LogP contribution in [0.4, 0.5) is 0 Å². The van der Waals surface area contributed by atoms with Gasteiger partial charge in [0.15, 0.2) is 6.23 Å². The monoisotopic (exact) mass is 625 g/mol. The molecule has 1 fully saturated rings. The quantitative estimate of drug-likeness (QED) is 0.129. The molecule has 0 bridgehead atoms. The Hall–Kier alpha value is -5.09. The number of aromatic hydroxyl groups is 2. The van der Waals surface area contributed by atoms with Gasteiger partial charge >= 0.3 is 0 Å². The summed E-state index contributed by atoms with van der Waals surface area (Å²) >= 11 is 0. The zero-order chi connectivity index (χ0) is 32.0. The number of amides is 2. The molecule has 2 aliphatic rings. The predicted octanol–water partition coefficient (Wildman–Crippen LogP) is 1.51. The first-order valence-corrected chi connectivity index (χ1v) is 14.5. The number of imide groups is 1. The van der Waals surface area contributed by atoms with Crippen LogP contribution in [0.1, 0.15) is 32.5 Å². The number of aromatic nitrogens is 3. The molecule has 8 rings (SSSR count). The normalized spacial score (nSPS) is 23.4. The first-order valence-electron chi connectivity index (χ1n) is 14.5. The number of hydrazine groups is 1. The average Bonchev–Trinajstić information content (AvgIpc) is 3.66. The molecule has 3 aromatic heterocycles. The Morgan fingerprint density at radius 1 is 0.848 bits per heavy atom. The Bertz CT molecular complexity index is 2230. The molecule has 6 aromatic rings. The topological polar surface area (TPSA) is 214 Å². The fourth-order valence-electron chi connectivity index (χ4n) is 6.79. The summed E-state index contributed by atoms with van der Waals surface area (Å²) in [6.07, 6.45) is -4.56. The van der Waals surface area contributed by atoms with E-state index in [1.807, 2.05) is 0 Å². The molecule has 5 atom stereocenters. The van der Waals surface area contributed by atoms with E-state index in [9.17, 15) is 40.2 Å². The molecule has 5 heterocycles. The molecule has 3 aromatic carbocycles. The van der Waals surface area contributed by atoms with E-state index in [1.165, 1.54) is 28.8 Å². The van der Waals surface area contributed by atoms with Gasteiger partial charge in [-0.15, -0.1) is 0 Å². The third-order valence-corrected chi connectivity index (χ3v) is 8.90. The van der Waals surface area contributed by atoms with Gasteiger partial charge in [0.05, 0.1) is 39.8 Å². The van der Waals surface area contributed by atoms with Crippen molar-refractivity contribution in [1.82, 2.24) is 25.0 Å². The Morgan fingerprint density at radius 2 is 1.52 bits per heavy atom. The SMILES string of the molecule is O=C1c2c(c3c4ccc(O)cc4n(C4O[C@@H](CO)[C@H](O)[C@@H](O)[C@@H]4O)c3c3[nH]c4cc(O)ccc4c23)C(=O)N1NCc1ccncc1. The number of H-pyrrole nitrogens is 1. The lowest BCUT2D eigenvalue weighted by Gasteiger charge is -2.41. The number of hydrogen-bond acceptors (Lipinski definition) is 11. The molecule has 0 saturated carbocycles. The van der Waals surface area contributed by atoms with Gasteiger partial charge in [-0.05, 0) is 42.0 Å². The maximum absolute atomic E-state index is 14.3. The van der Waals surface area contributed by atoms with E-state index in [0.717, 1.165) is 10.6 Å². The first kappa shape index (κ1) is 28.4. The lowest BCUT2D eigenvalue weighted by atomic mass is 9.96. The van der Waals surface area contributed by atoms with Gasteiger partial charge in [0.25, 0.3) is 11.8 Å². The summed E-state index contributed by atoms with van der Waals surface area (Å²) in [5.41, 5.74) is 5.23. The van der Waals surface area contributed by atoms with Crippen molar-refractivity contribution in [3.63, 3.8) is 0 Å². The van der Waals surface area contributed by atoms with Crippen LogP contribution in [-0.4, -0.2) is 93.0 Å². The van der Waals surface area contributed by atoms with Crippen LogP contribution in [0.2, 0.25) is 0 Å². The number of fused-ring (bicyclic) bond motifs is 10. The number of pyridine rings is 1. The number of carbonyl (C=O) groups excluding carboxylic acids is 2. The number of rotatable bonds is 5. The molecule has 8 N–H and O–H groups in total. The first-order chi connectivity index (χ1) is 22.2. The zero-order valence-corrected chi connectivity index (χ0v) is 23.8. The lowest BCUT2D eigenvalue weighted by Crippen LogP contribution is -2.56. The van der Waals surface area contributed by atoms with Crippen LogP contribution in [0.3, 0.4) is 0 Å². The number of nitrogens with zero attached hydrogens (tertiary/aromatic N) is 3. The van der Waals surface area contributed by atoms with Crippen molar-refractivity contribution in [1.29, 1.82) is 0 Å². The van der Waals surface area contributed by atoms with Crippen LogP contribution < -0.4 is 5.43 Å². The van der Waals surface area contributed by atoms with Crippen molar-refractivity contribution in [2.45, 2.75) is 37.2 Å². The number of benzene rings is 3. The molecular weight excluding hydrogens is 598 g/mol. The molecule has 2 aliphatic heterocycles. The number of aliphatic hydroxyl groups is 4. The second kappa shape index (κ2) is 10.2. The van der Waals surface area contributed by atoms with E-state index in [1.54, 1.807) is 36.7 Å². The van der Waals surface area contributed by atoms with Gasteiger partial charge in [0, 0.05) is 52.6 Å². The number of hydrogen-bond donors (Lipinski definition) is 8. The Balaban J connectivity index is 1.47. The zero-order valence-electron chi connectivity index (χ0n) is 23.8. The van der Waals surface area contributed by atoms with Gasteiger partial charge in [-0.1, -0.05) is 0 Å². The molecule has 46 heavy (non-hydrogen) atoms. The highest BCUT2D eigenvalue weighted by molar-refractivity contribution is 6.39. The molecule has 0 radical (unpaired) electrons. The summed E-state index contributed by atoms with van der Waals surface area (Å²) in [6.45, 7) is -0.534. The molecule has 0 spiro atoms. The number of ether oxygens (including phenoxy) is 1. The lowest BCUT2D eigenvalue weighted by molar-refractivity contribution is -0.249. The van der Waals surface area contributed by atoms with E-state index in [0.29, 0.717) is 32.6 Å². The van der Waals surface area contributed by atoms with E-state index in [4.69, 9.17) is 4.74 Å². The minimum absolute atomic E-state index is 0.0469. The smallest absolute Gasteiger partial charge is 0.276 e. The third kappa shape index (κ3) is 3.89. The average molecular weight is 626 g/mol. The number of nitrogens with one attached hydrogen (secondary N) is 2. The second-order valence-corrected chi connectivity index (χ2v) is 11.5. The molecule has 234 valence electrons. The highest BCUT2D eigenvalue weighted by Crippen LogP contribution is 2.47. The van der Waals surface area contributed by atoms with E-state index >= 15 is 0 Å². The largest absolute Gasteiger partial charge is 0.508 e. The van der Waals surface area contributed by atoms with Gasteiger partial charge < -0.3 is 44.9 Å². The summed E-state index contributed by atoms with van der Waals surface area (Å²) in [6, 6.07) is 12.4. The third-order valence-electron chi connectivity index (χ3n) is 8.90. The molecule has 0 aliphatic carbocycles. The van der Waals surface area contributed by atoms with Gasteiger partial charge in [-0.2, -0.15) is 0 Å². The van der Waals surface area contributed by atoms with Gasteiger partial charge in [-0.3, -0.25) is 14.6 Å². The Labute approximate surface area is 258 Å². The van der Waals surface area contributed by atoms with E-state index in [2.05, 4.69) is 15.4 Å². The molecule has 14 nitrogen and oxygen atoms in total. The van der Waals surface area contributed by atoms with Gasteiger partial charge in [0.2, 0.25) is 0 Å². The fraction of sp³-hybridized carbons (Fsp3) is 0.219. The van der Waals surface area contributed by atoms with Crippen LogP contribution in [0, 0.1) is 0 Å². The van der Waals surface area contributed by atoms with Gasteiger partial charge in [0.1, 0.15) is 35.9 Å². The van der Waals surface area contributed by atoms with E-state index in [-0.39, 0.29) is 40.2 Å². The maximum Gasteiger partial charge on any atom is 0.276 e. The summed E-state index contributed by atoms with van der Waals surface area (Å²) in [7, 11) is 0. The minimum Gasteiger partial charge on any atom is -0.508 e. The highest BCUT2D eigenvalue weighted by Gasteiger charge is 2.47. The minimum atomic E-state index is -1.72. The number of carbonyl (C=O) groups is 2. The Morgan fingerprint density at radius 3 is 2.24 bits per heavy atom. The van der Waals surface area contributed by atoms with Crippen molar-refractivity contribution in [3.05, 3.63) is 77.6 Å². The maximum atomic E-state index is 14.3. The van der Waals surface area contributed by atoms with Crippen LogP contribution >= 0.6 is 0 Å². The Kier molecular flexibility index (Phi) is 6.30. The highest BCUT2D eigenvalue weighted by atomic mass is 16.6. The van der Waals surface area contributed by atoms with Crippen LogP contribution in [0.5, 0.6) is 11.5 Å². The van der Waals surface area contributed by atoms with Crippen molar-refractivity contribution in [2.75, 3.05) is 6.61 Å².